The highest BCUT2D eigenvalue weighted by Crippen LogP contribution is 2.28. The molecule has 124 valence electrons. The molecule has 0 unspecified atom stereocenters. The number of sulfonamides is 1. The number of hydrogen-bond acceptors (Lipinski definition) is 5. The molecular weight excluding hydrogens is 322 g/mol. The minimum Gasteiger partial charge on any atom is -0.340 e. The normalized spacial score (nSPS) is 17.0. The Morgan fingerprint density at radius 3 is 2.41 bits per heavy atom. The second-order valence-corrected chi connectivity index (χ2v) is 8.82. The van der Waals surface area contributed by atoms with Crippen molar-refractivity contribution in [3.8, 4) is 0 Å². The maximum Gasteiger partial charge on any atom is 0.244 e. The van der Waals surface area contributed by atoms with Crippen LogP contribution in [0.1, 0.15) is 22.6 Å². The van der Waals surface area contributed by atoms with Crippen LogP contribution in [0.3, 0.4) is 0 Å². The summed E-state index contributed by atoms with van der Waals surface area (Å²) >= 11 is 1.49. The van der Waals surface area contributed by atoms with Gasteiger partial charge in [-0.15, -0.1) is 11.3 Å². The molecule has 1 aromatic heterocycles. The summed E-state index contributed by atoms with van der Waals surface area (Å²) in [6.45, 7) is 5.84. The fraction of sp³-hybridized carbons (Fsp3) is 0.643. The summed E-state index contributed by atoms with van der Waals surface area (Å²) in [5, 5.41) is 0. The van der Waals surface area contributed by atoms with E-state index < -0.39 is 10.0 Å². The highest BCUT2D eigenvalue weighted by molar-refractivity contribution is 7.89. The van der Waals surface area contributed by atoms with Crippen LogP contribution in [0.2, 0.25) is 0 Å². The zero-order chi connectivity index (χ0) is 16.3. The van der Waals surface area contributed by atoms with Gasteiger partial charge in [-0.2, -0.15) is 4.31 Å². The van der Waals surface area contributed by atoms with Gasteiger partial charge in [0.1, 0.15) is 0 Å². The Morgan fingerprint density at radius 2 is 1.91 bits per heavy atom. The smallest absolute Gasteiger partial charge is 0.244 e. The molecule has 22 heavy (non-hydrogen) atoms. The molecule has 1 amide bonds. The summed E-state index contributed by atoms with van der Waals surface area (Å²) in [5.74, 6) is 0.0602. The van der Waals surface area contributed by atoms with Crippen LogP contribution < -0.4 is 5.73 Å². The molecule has 0 spiro atoms. The van der Waals surface area contributed by atoms with Crippen molar-refractivity contribution in [2.24, 2.45) is 5.73 Å². The topological polar surface area (TPSA) is 83.7 Å². The Kier molecular flexibility index (Phi) is 5.60. The van der Waals surface area contributed by atoms with E-state index in [0.29, 0.717) is 50.5 Å². The van der Waals surface area contributed by atoms with E-state index >= 15 is 0 Å². The van der Waals surface area contributed by atoms with Gasteiger partial charge in [0.05, 0.1) is 4.90 Å². The summed E-state index contributed by atoms with van der Waals surface area (Å²) in [6.07, 6.45) is 1.11. The van der Waals surface area contributed by atoms with Gasteiger partial charge in [-0.3, -0.25) is 4.79 Å². The maximum atomic E-state index is 12.7. The summed E-state index contributed by atoms with van der Waals surface area (Å²) in [7, 11) is -3.45. The number of hydrogen-bond donors (Lipinski definition) is 1. The first-order valence-corrected chi connectivity index (χ1v) is 9.67. The van der Waals surface area contributed by atoms with E-state index in [2.05, 4.69) is 0 Å². The minimum atomic E-state index is -3.45. The Hall–Kier alpha value is -0.960. The molecule has 8 heteroatoms. The van der Waals surface area contributed by atoms with Crippen LogP contribution in [0.5, 0.6) is 0 Å². The Bertz CT molecular complexity index is 632. The summed E-state index contributed by atoms with van der Waals surface area (Å²) < 4.78 is 26.8. The summed E-state index contributed by atoms with van der Waals surface area (Å²) in [6, 6.07) is 1.73. The molecule has 1 aliphatic heterocycles. The monoisotopic (exact) mass is 345 g/mol. The van der Waals surface area contributed by atoms with Crippen LogP contribution in [0.25, 0.3) is 0 Å². The molecule has 2 heterocycles. The standard InChI is InChI=1S/C14H23N3O3S2/c1-11-10-13(12(2)21-11)22(19,20)17-8-6-16(7-9-17)14(18)4-3-5-15/h10H,3-9,15H2,1-2H3. The summed E-state index contributed by atoms with van der Waals surface area (Å²) in [4.78, 5) is 15.9. The molecule has 0 radical (unpaired) electrons. The van der Waals surface area contributed by atoms with E-state index in [1.165, 1.54) is 15.6 Å². The first kappa shape index (κ1) is 17.4. The zero-order valence-corrected chi connectivity index (χ0v) is 14.7. The number of amides is 1. The molecule has 1 aromatic rings. The van der Waals surface area contributed by atoms with E-state index in [1.807, 2.05) is 13.8 Å². The lowest BCUT2D eigenvalue weighted by molar-refractivity contribution is -0.132. The van der Waals surface area contributed by atoms with Crippen molar-refractivity contribution in [2.75, 3.05) is 32.7 Å². The van der Waals surface area contributed by atoms with Gasteiger partial charge < -0.3 is 10.6 Å². The fourth-order valence-corrected chi connectivity index (χ4v) is 5.54. The van der Waals surface area contributed by atoms with Crippen LogP contribution in [0, 0.1) is 13.8 Å². The molecule has 0 aromatic carbocycles. The lowest BCUT2D eigenvalue weighted by Crippen LogP contribution is -2.50. The van der Waals surface area contributed by atoms with Crippen molar-refractivity contribution < 1.29 is 13.2 Å². The van der Waals surface area contributed by atoms with E-state index in [0.717, 1.165) is 9.75 Å². The van der Waals surface area contributed by atoms with Crippen molar-refractivity contribution in [1.82, 2.24) is 9.21 Å². The van der Waals surface area contributed by atoms with Crippen molar-refractivity contribution in [3.63, 3.8) is 0 Å². The average Bonchev–Trinajstić information content (AvgIpc) is 2.84. The lowest BCUT2D eigenvalue weighted by Gasteiger charge is -2.34. The highest BCUT2D eigenvalue weighted by atomic mass is 32.2. The number of thiophene rings is 1. The number of rotatable bonds is 5. The van der Waals surface area contributed by atoms with Crippen LogP contribution in [-0.4, -0.2) is 56.3 Å². The van der Waals surface area contributed by atoms with Crippen molar-refractivity contribution in [2.45, 2.75) is 31.6 Å². The molecule has 1 saturated heterocycles. The van der Waals surface area contributed by atoms with Crippen LogP contribution in [0.15, 0.2) is 11.0 Å². The van der Waals surface area contributed by atoms with E-state index in [1.54, 1.807) is 11.0 Å². The largest absolute Gasteiger partial charge is 0.340 e. The third kappa shape index (κ3) is 3.68. The van der Waals surface area contributed by atoms with Gasteiger partial charge in [0.25, 0.3) is 0 Å². The Balaban J connectivity index is 2.02. The van der Waals surface area contributed by atoms with Crippen LogP contribution >= 0.6 is 11.3 Å². The molecule has 2 N–H and O–H groups in total. The molecule has 0 bridgehead atoms. The lowest BCUT2D eigenvalue weighted by atomic mass is 10.2. The van der Waals surface area contributed by atoms with Gasteiger partial charge in [0.2, 0.25) is 15.9 Å². The maximum absolute atomic E-state index is 12.7. The molecule has 0 saturated carbocycles. The number of carbonyl (C=O) groups is 1. The number of nitrogens with two attached hydrogens (primary N) is 1. The third-order valence-electron chi connectivity index (χ3n) is 3.80. The number of nitrogens with zero attached hydrogens (tertiary/aromatic N) is 2. The molecule has 0 atom stereocenters. The predicted octanol–water partition coefficient (Wildman–Crippen LogP) is 0.937. The van der Waals surface area contributed by atoms with Crippen LogP contribution in [-0.2, 0) is 14.8 Å². The third-order valence-corrected chi connectivity index (χ3v) is 6.92. The zero-order valence-electron chi connectivity index (χ0n) is 13.0. The van der Waals surface area contributed by atoms with Gasteiger partial charge in [-0.05, 0) is 32.9 Å². The molecule has 1 aliphatic rings. The number of carbonyl (C=O) groups excluding carboxylic acids is 1. The van der Waals surface area contributed by atoms with E-state index in [4.69, 9.17) is 5.73 Å². The average molecular weight is 345 g/mol. The Morgan fingerprint density at radius 1 is 1.27 bits per heavy atom. The van der Waals surface area contributed by atoms with E-state index in [9.17, 15) is 13.2 Å². The SMILES string of the molecule is Cc1cc(S(=O)(=O)N2CCN(C(=O)CCCN)CC2)c(C)s1. The van der Waals surface area contributed by atoms with Gasteiger partial charge in [-0.1, -0.05) is 0 Å². The van der Waals surface area contributed by atoms with Crippen molar-refractivity contribution in [3.05, 3.63) is 15.8 Å². The number of piperazine rings is 1. The van der Waals surface area contributed by atoms with Crippen molar-refractivity contribution >= 4 is 27.3 Å². The quantitative estimate of drug-likeness (QED) is 0.861. The Labute approximate surface area is 135 Å². The van der Waals surface area contributed by atoms with Gasteiger partial charge in [0, 0.05) is 42.4 Å². The molecule has 0 aliphatic carbocycles. The predicted molar refractivity (Wildman–Crippen MR) is 87.4 cm³/mol. The molecule has 6 nitrogen and oxygen atoms in total. The van der Waals surface area contributed by atoms with Gasteiger partial charge in [0.15, 0.2) is 0 Å². The van der Waals surface area contributed by atoms with Gasteiger partial charge >= 0.3 is 0 Å². The van der Waals surface area contributed by atoms with Crippen molar-refractivity contribution in [1.29, 1.82) is 0 Å². The second-order valence-electron chi connectivity index (χ2n) is 5.45. The molecular formula is C14H23N3O3S2. The molecule has 2 rings (SSSR count). The summed E-state index contributed by atoms with van der Waals surface area (Å²) in [5.41, 5.74) is 5.41. The minimum absolute atomic E-state index is 0.0602. The van der Waals surface area contributed by atoms with Gasteiger partial charge in [-0.25, -0.2) is 8.42 Å². The molecule has 1 fully saturated rings. The van der Waals surface area contributed by atoms with E-state index in [-0.39, 0.29) is 5.91 Å². The fourth-order valence-electron chi connectivity index (χ4n) is 2.59. The first-order chi connectivity index (χ1) is 10.4. The van der Waals surface area contributed by atoms with Crippen LogP contribution in [0.4, 0.5) is 0 Å². The number of aryl methyl sites for hydroxylation is 2. The second kappa shape index (κ2) is 7.08. The highest BCUT2D eigenvalue weighted by Gasteiger charge is 2.31. The first-order valence-electron chi connectivity index (χ1n) is 7.41.